The first kappa shape index (κ1) is 20.0. The topological polar surface area (TPSA) is 72.2 Å². The van der Waals surface area contributed by atoms with Crippen molar-refractivity contribution in [1.29, 1.82) is 0 Å². The van der Waals surface area contributed by atoms with E-state index in [0.29, 0.717) is 10.6 Å². The van der Waals surface area contributed by atoms with Crippen LogP contribution in [0.15, 0.2) is 103 Å². The summed E-state index contributed by atoms with van der Waals surface area (Å²) >= 11 is 0. The second kappa shape index (κ2) is 8.62. The summed E-state index contributed by atoms with van der Waals surface area (Å²) in [5, 5.41) is 17.9. The Morgan fingerprint density at radius 3 is 1.87 bits per heavy atom. The van der Waals surface area contributed by atoms with E-state index in [2.05, 4.69) is 5.09 Å². The van der Waals surface area contributed by atoms with E-state index < -0.39 is 13.3 Å². The molecule has 4 aromatic carbocycles. The second-order valence-corrected chi connectivity index (χ2v) is 9.59. The van der Waals surface area contributed by atoms with Crippen molar-refractivity contribution in [1.82, 2.24) is 5.09 Å². The fourth-order valence-corrected chi connectivity index (χ4v) is 6.04. The van der Waals surface area contributed by atoms with Crippen LogP contribution in [0, 0.1) is 10.1 Å². The minimum atomic E-state index is -3.32. The molecule has 0 aliphatic rings. The zero-order valence-corrected chi connectivity index (χ0v) is 17.1. The molecule has 0 aliphatic carbocycles. The van der Waals surface area contributed by atoms with Gasteiger partial charge in [0.1, 0.15) is 6.04 Å². The highest BCUT2D eigenvalue weighted by atomic mass is 31.2. The van der Waals surface area contributed by atoms with Crippen LogP contribution in [0.1, 0.15) is 11.6 Å². The predicted octanol–water partition coefficient (Wildman–Crippen LogP) is 4.68. The van der Waals surface area contributed by atoms with Gasteiger partial charge in [0.05, 0.1) is 0 Å². The molecule has 4 aromatic rings. The van der Waals surface area contributed by atoms with Crippen LogP contribution in [0.3, 0.4) is 0 Å². The van der Waals surface area contributed by atoms with Crippen LogP contribution in [-0.4, -0.2) is 11.5 Å². The van der Waals surface area contributed by atoms with Gasteiger partial charge in [-0.1, -0.05) is 72.8 Å². The second-order valence-electron chi connectivity index (χ2n) is 7.08. The summed E-state index contributed by atoms with van der Waals surface area (Å²) < 4.78 is 14.3. The first-order valence-electron chi connectivity index (χ1n) is 9.66. The van der Waals surface area contributed by atoms with Gasteiger partial charge in [-0.2, -0.15) is 0 Å². The SMILES string of the molecule is O=[N+]([O-])C[C@@H](NP(=O)(c1ccccc1)c1ccccc1)c1ccc2ccccc2c1. The lowest BCUT2D eigenvalue weighted by Gasteiger charge is -2.25. The molecule has 5 nitrogen and oxygen atoms in total. The molecule has 0 spiro atoms. The average Bonchev–Trinajstić information content (AvgIpc) is 2.79. The van der Waals surface area contributed by atoms with Gasteiger partial charge in [0, 0.05) is 15.5 Å². The number of rotatable bonds is 7. The molecule has 0 saturated heterocycles. The summed E-state index contributed by atoms with van der Waals surface area (Å²) in [6.45, 7) is -0.373. The van der Waals surface area contributed by atoms with Crippen molar-refractivity contribution in [3.05, 3.63) is 119 Å². The van der Waals surface area contributed by atoms with E-state index >= 15 is 0 Å². The van der Waals surface area contributed by atoms with Crippen LogP contribution in [0.2, 0.25) is 0 Å². The van der Waals surface area contributed by atoms with E-state index in [4.69, 9.17) is 0 Å². The monoisotopic (exact) mass is 416 g/mol. The van der Waals surface area contributed by atoms with Gasteiger partial charge in [-0.3, -0.25) is 14.7 Å². The smallest absolute Gasteiger partial charge is 0.223 e. The Balaban J connectivity index is 1.81. The molecule has 6 heteroatoms. The highest BCUT2D eigenvalue weighted by Gasteiger charge is 2.32. The highest BCUT2D eigenvalue weighted by Crippen LogP contribution is 2.42. The van der Waals surface area contributed by atoms with Crippen LogP contribution in [0.5, 0.6) is 0 Å². The van der Waals surface area contributed by atoms with Gasteiger partial charge < -0.3 is 0 Å². The number of hydrogen-bond acceptors (Lipinski definition) is 3. The lowest BCUT2D eigenvalue weighted by Crippen LogP contribution is -2.33. The summed E-state index contributed by atoms with van der Waals surface area (Å²) in [5.41, 5.74) is 0.734. The molecule has 0 saturated carbocycles. The zero-order valence-electron chi connectivity index (χ0n) is 16.2. The van der Waals surface area contributed by atoms with Crippen molar-refractivity contribution in [2.24, 2.45) is 0 Å². The van der Waals surface area contributed by atoms with Crippen LogP contribution in [0.25, 0.3) is 10.8 Å². The number of nitrogens with one attached hydrogen (secondary N) is 1. The molecular formula is C24H21N2O3P. The van der Waals surface area contributed by atoms with Crippen molar-refractivity contribution in [3.8, 4) is 0 Å². The van der Waals surface area contributed by atoms with Crippen molar-refractivity contribution < 1.29 is 9.49 Å². The summed E-state index contributed by atoms with van der Waals surface area (Å²) in [6.07, 6.45) is 0. The number of hydrogen-bond donors (Lipinski definition) is 1. The Kier molecular flexibility index (Phi) is 5.75. The minimum Gasteiger partial charge on any atom is -0.296 e. The lowest BCUT2D eigenvalue weighted by atomic mass is 10.0. The predicted molar refractivity (Wildman–Crippen MR) is 121 cm³/mol. The zero-order chi connectivity index (χ0) is 21.0. The van der Waals surface area contributed by atoms with Gasteiger partial charge in [-0.05, 0) is 46.7 Å². The van der Waals surface area contributed by atoms with Gasteiger partial charge in [0.15, 0.2) is 0 Å². The average molecular weight is 416 g/mol. The maximum absolute atomic E-state index is 14.3. The van der Waals surface area contributed by atoms with E-state index in [1.165, 1.54) is 0 Å². The quantitative estimate of drug-likeness (QED) is 0.270. The number of nitro groups is 1. The fourth-order valence-electron chi connectivity index (χ4n) is 3.59. The summed E-state index contributed by atoms with van der Waals surface area (Å²) in [6, 6.07) is 31.1. The third-order valence-electron chi connectivity index (χ3n) is 5.08. The Morgan fingerprint density at radius 1 is 0.767 bits per heavy atom. The lowest BCUT2D eigenvalue weighted by molar-refractivity contribution is -0.483. The van der Waals surface area contributed by atoms with Gasteiger partial charge in [-0.15, -0.1) is 0 Å². The van der Waals surface area contributed by atoms with E-state index in [1.807, 2.05) is 78.9 Å². The molecule has 1 atom stereocenters. The van der Waals surface area contributed by atoms with Gasteiger partial charge in [0.25, 0.3) is 0 Å². The molecule has 0 aromatic heterocycles. The molecule has 0 heterocycles. The first-order chi connectivity index (χ1) is 14.6. The molecule has 30 heavy (non-hydrogen) atoms. The Bertz CT molecular complexity index is 1170. The fraction of sp³-hybridized carbons (Fsp3) is 0.0833. The van der Waals surface area contributed by atoms with E-state index in [9.17, 15) is 14.7 Å². The molecular weight excluding hydrogens is 395 g/mol. The molecule has 0 bridgehead atoms. The summed E-state index contributed by atoms with van der Waals surface area (Å²) in [7, 11) is -3.32. The van der Waals surface area contributed by atoms with Crippen molar-refractivity contribution >= 4 is 28.7 Å². The van der Waals surface area contributed by atoms with E-state index in [1.54, 1.807) is 24.3 Å². The maximum Gasteiger partial charge on any atom is 0.223 e. The van der Waals surface area contributed by atoms with Gasteiger partial charge in [-0.25, -0.2) is 5.09 Å². The highest BCUT2D eigenvalue weighted by molar-refractivity contribution is 7.76. The largest absolute Gasteiger partial charge is 0.296 e. The third-order valence-corrected chi connectivity index (χ3v) is 7.81. The molecule has 4 rings (SSSR count). The van der Waals surface area contributed by atoms with Gasteiger partial charge in [0.2, 0.25) is 13.8 Å². The third kappa shape index (κ3) is 4.18. The summed E-state index contributed by atoms with van der Waals surface area (Å²) in [5.74, 6) is 0. The molecule has 1 N–H and O–H groups in total. The van der Waals surface area contributed by atoms with Crippen molar-refractivity contribution in [2.45, 2.75) is 6.04 Å². The molecule has 150 valence electrons. The minimum absolute atomic E-state index is 0.368. The number of benzene rings is 4. The standard InChI is InChI=1S/C24H21N2O3P/c27-26(28)18-24(21-16-15-19-9-7-8-10-20(19)17-21)25-30(29,22-11-3-1-4-12-22)23-13-5-2-6-14-23/h1-17,24H,18H2,(H,25,29)/t24-/m1/s1. The molecule has 0 unspecified atom stereocenters. The van der Waals surface area contributed by atoms with E-state index in [-0.39, 0.29) is 11.5 Å². The van der Waals surface area contributed by atoms with Crippen LogP contribution < -0.4 is 15.7 Å². The van der Waals surface area contributed by atoms with Gasteiger partial charge >= 0.3 is 0 Å². The maximum atomic E-state index is 14.3. The normalized spacial score (nSPS) is 12.5. The summed E-state index contributed by atoms with van der Waals surface area (Å²) in [4.78, 5) is 11.1. The molecule has 0 amide bonds. The number of nitrogens with zero attached hydrogens (tertiary/aromatic N) is 1. The van der Waals surface area contributed by atoms with E-state index in [0.717, 1.165) is 16.3 Å². The molecule has 0 radical (unpaired) electrons. The Morgan fingerprint density at radius 2 is 1.30 bits per heavy atom. The van der Waals surface area contributed by atoms with Crippen LogP contribution in [-0.2, 0) is 4.57 Å². The van der Waals surface area contributed by atoms with Crippen LogP contribution >= 0.6 is 7.29 Å². The van der Waals surface area contributed by atoms with Crippen molar-refractivity contribution in [2.75, 3.05) is 6.54 Å². The first-order valence-corrected chi connectivity index (χ1v) is 11.4. The Hall–Kier alpha value is -3.27. The number of fused-ring (bicyclic) bond motifs is 1. The Labute approximate surface area is 175 Å². The molecule has 0 fully saturated rings. The van der Waals surface area contributed by atoms with Crippen LogP contribution in [0.4, 0.5) is 0 Å². The van der Waals surface area contributed by atoms with Crippen molar-refractivity contribution in [3.63, 3.8) is 0 Å². The molecule has 0 aliphatic heterocycles.